The van der Waals surface area contributed by atoms with E-state index >= 15 is 0 Å². The smallest absolute Gasteiger partial charge is 0.416 e. The number of nitrogens with zero attached hydrogens (tertiary/aromatic N) is 2. The Kier molecular flexibility index (Phi) is 8.67. The van der Waals surface area contributed by atoms with E-state index in [1.54, 1.807) is 24.3 Å². The minimum absolute atomic E-state index is 0.154. The fourth-order valence-corrected chi connectivity index (χ4v) is 3.04. The van der Waals surface area contributed by atoms with Crippen LogP contribution in [0.1, 0.15) is 34.8 Å². The van der Waals surface area contributed by atoms with Crippen molar-refractivity contribution in [1.29, 1.82) is 0 Å². The monoisotopic (exact) mass is 517 g/mol. The average molecular weight is 517 g/mol. The fraction of sp³-hybridized carbons (Fsp3) is 0.200. The number of rotatable bonds is 10. The van der Waals surface area contributed by atoms with Crippen LogP contribution in [0.4, 0.5) is 18.9 Å². The Hall–Kier alpha value is -4.61. The van der Waals surface area contributed by atoms with Crippen molar-refractivity contribution in [2.24, 2.45) is 5.10 Å². The molecular weight excluding hydrogens is 495 g/mol. The first kappa shape index (κ1) is 27.0. The number of halogens is 3. The Morgan fingerprint density at radius 2 is 1.76 bits per heavy atom. The number of methoxy groups -OCH3 is 1. The first-order valence-corrected chi connectivity index (χ1v) is 10.9. The number of alkyl halides is 3. The van der Waals surface area contributed by atoms with Crippen LogP contribution in [-0.4, -0.2) is 30.8 Å². The number of nitro benzene ring substituents is 1. The molecule has 0 aliphatic heterocycles. The quantitative estimate of drug-likeness (QED) is 0.202. The lowest BCUT2D eigenvalue weighted by Crippen LogP contribution is -2.17. The van der Waals surface area contributed by atoms with Crippen molar-refractivity contribution < 1.29 is 37.1 Å². The molecular formula is C25H22F3N3O6. The van der Waals surface area contributed by atoms with Crippen LogP contribution in [0.15, 0.2) is 65.8 Å². The standard InChI is InChI=1S/C25H22F3N3O6/c1-3-12-36-22-10-6-17(13-23(22)35-2)24(32)30-29-15-16-4-8-19(9-5-16)37-21-11-7-18(25(26,27)28)14-20(21)31(33)34/h4-11,13-15H,3,12H2,1-2H3,(H,30,32)/b29-15+. The predicted octanol–water partition coefficient (Wildman–Crippen LogP) is 5.97. The summed E-state index contributed by atoms with van der Waals surface area (Å²) in [6.07, 6.45) is -2.54. The minimum Gasteiger partial charge on any atom is -0.493 e. The van der Waals surface area contributed by atoms with E-state index in [9.17, 15) is 28.1 Å². The van der Waals surface area contributed by atoms with E-state index in [-0.39, 0.29) is 11.5 Å². The molecule has 0 aliphatic rings. The zero-order valence-electron chi connectivity index (χ0n) is 19.7. The zero-order valence-corrected chi connectivity index (χ0v) is 19.7. The second-order valence-corrected chi connectivity index (χ2v) is 7.52. The number of hydrogen-bond donors (Lipinski definition) is 1. The van der Waals surface area contributed by atoms with Crippen LogP contribution in [0.5, 0.6) is 23.0 Å². The maximum Gasteiger partial charge on any atom is 0.416 e. The molecule has 37 heavy (non-hydrogen) atoms. The summed E-state index contributed by atoms with van der Waals surface area (Å²) in [6.45, 7) is 2.48. The van der Waals surface area contributed by atoms with E-state index in [4.69, 9.17) is 14.2 Å². The molecule has 194 valence electrons. The first-order chi connectivity index (χ1) is 17.6. The summed E-state index contributed by atoms with van der Waals surface area (Å²) in [5.41, 5.74) is 1.28. The topological polar surface area (TPSA) is 112 Å². The van der Waals surface area contributed by atoms with Gasteiger partial charge in [0.05, 0.1) is 30.4 Å². The second kappa shape index (κ2) is 11.9. The van der Waals surface area contributed by atoms with Gasteiger partial charge in [0.1, 0.15) is 5.75 Å². The second-order valence-electron chi connectivity index (χ2n) is 7.52. The van der Waals surface area contributed by atoms with Gasteiger partial charge in [-0.05, 0) is 66.6 Å². The van der Waals surface area contributed by atoms with Gasteiger partial charge >= 0.3 is 11.9 Å². The number of hydrazone groups is 1. The molecule has 0 aromatic heterocycles. The number of benzene rings is 3. The molecule has 0 heterocycles. The molecule has 3 aromatic rings. The third-order valence-electron chi connectivity index (χ3n) is 4.86. The highest BCUT2D eigenvalue weighted by Gasteiger charge is 2.33. The van der Waals surface area contributed by atoms with Crippen molar-refractivity contribution in [1.82, 2.24) is 5.43 Å². The zero-order chi connectivity index (χ0) is 27.0. The third-order valence-corrected chi connectivity index (χ3v) is 4.86. The Labute approximate surface area is 209 Å². The molecule has 0 fully saturated rings. The molecule has 3 rings (SSSR count). The molecule has 0 saturated carbocycles. The van der Waals surface area contributed by atoms with Crippen molar-refractivity contribution in [2.45, 2.75) is 19.5 Å². The van der Waals surface area contributed by atoms with Crippen molar-refractivity contribution in [2.75, 3.05) is 13.7 Å². The van der Waals surface area contributed by atoms with Crippen LogP contribution < -0.4 is 19.6 Å². The largest absolute Gasteiger partial charge is 0.493 e. The van der Waals surface area contributed by atoms with Gasteiger partial charge < -0.3 is 14.2 Å². The van der Waals surface area contributed by atoms with Gasteiger partial charge in [-0.2, -0.15) is 18.3 Å². The van der Waals surface area contributed by atoms with Crippen molar-refractivity contribution in [3.8, 4) is 23.0 Å². The van der Waals surface area contributed by atoms with E-state index in [0.717, 1.165) is 12.5 Å². The van der Waals surface area contributed by atoms with E-state index in [2.05, 4.69) is 10.5 Å². The molecule has 0 unspecified atom stereocenters. The number of nitro groups is 1. The summed E-state index contributed by atoms with van der Waals surface area (Å²) < 4.78 is 54.8. The van der Waals surface area contributed by atoms with Crippen LogP contribution in [0.3, 0.4) is 0 Å². The van der Waals surface area contributed by atoms with Crippen LogP contribution in [0.2, 0.25) is 0 Å². The molecule has 1 amide bonds. The molecule has 0 bridgehead atoms. The summed E-state index contributed by atoms with van der Waals surface area (Å²) in [5.74, 6) is 0.267. The van der Waals surface area contributed by atoms with Gasteiger partial charge in [-0.25, -0.2) is 5.43 Å². The lowest BCUT2D eigenvalue weighted by Gasteiger charge is -2.11. The Morgan fingerprint density at radius 3 is 2.38 bits per heavy atom. The SMILES string of the molecule is CCCOc1ccc(C(=O)N/N=C/c2ccc(Oc3ccc(C(F)(F)F)cc3[N+](=O)[O-])cc2)cc1OC. The molecule has 0 spiro atoms. The lowest BCUT2D eigenvalue weighted by atomic mass is 10.2. The maximum atomic E-state index is 12.9. The van der Waals surface area contributed by atoms with Gasteiger partial charge in [-0.15, -0.1) is 0 Å². The summed E-state index contributed by atoms with van der Waals surface area (Å²) in [6, 6.07) is 12.7. The van der Waals surface area contributed by atoms with Crippen LogP contribution in [-0.2, 0) is 6.18 Å². The van der Waals surface area contributed by atoms with Gasteiger partial charge in [0.25, 0.3) is 5.91 Å². The van der Waals surface area contributed by atoms with Gasteiger partial charge in [0, 0.05) is 11.6 Å². The fourth-order valence-electron chi connectivity index (χ4n) is 3.04. The molecule has 0 atom stereocenters. The van der Waals surface area contributed by atoms with E-state index < -0.39 is 28.3 Å². The number of hydrogen-bond acceptors (Lipinski definition) is 7. The van der Waals surface area contributed by atoms with Gasteiger partial charge in [-0.1, -0.05) is 6.92 Å². The molecule has 9 nitrogen and oxygen atoms in total. The van der Waals surface area contributed by atoms with Gasteiger partial charge in [-0.3, -0.25) is 14.9 Å². The van der Waals surface area contributed by atoms with Crippen LogP contribution in [0.25, 0.3) is 0 Å². The highest BCUT2D eigenvalue weighted by atomic mass is 19.4. The van der Waals surface area contributed by atoms with Gasteiger partial charge in [0.15, 0.2) is 11.5 Å². The Bertz CT molecular complexity index is 1290. The summed E-state index contributed by atoms with van der Waals surface area (Å²) in [7, 11) is 1.47. The lowest BCUT2D eigenvalue weighted by molar-refractivity contribution is -0.385. The molecule has 0 aliphatic carbocycles. The van der Waals surface area contributed by atoms with E-state index in [0.29, 0.717) is 41.4 Å². The van der Waals surface area contributed by atoms with Crippen LogP contribution in [0, 0.1) is 10.1 Å². The first-order valence-electron chi connectivity index (χ1n) is 10.9. The number of amides is 1. The normalized spacial score (nSPS) is 11.3. The number of ether oxygens (including phenoxy) is 3. The molecule has 0 radical (unpaired) electrons. The number of nitrogens with one attached hydrogen (secondary N) is 1. The Balaban J connectivity index is 1.64. The maximum absolute atomic E-state index is 12.9. The van der Waals surface area contributed by atoms with E-state index in [1.165, 1.54) is 31.5 Å². The summed E-state index contributed by atoms with van der Waals surface area (Å²) >= 11 is 0. The highest BCUT2D eigenvalue weighted by Crippen LogP contribution is 2.37. The van der Waals surface area contributed by atoms with Gasteiger partial charge in [0.2, 0.25) is 5.75 Å². The molecule has 12 heteroatoms. The average Bonchev–Trinajstić information content (AvgIpc) is 2.87. The molecule has 3 aromatic carbocycles. The number of carbonyl (C=O) groups excluding carboxylic acids is 1. The summed E-state index contributed by atoms with van der Waals surface area (Å²) in [4.78, 5) is 22.7. The Morgan fingerprint density at radius 1 is 1.05 bits per heavy atom. The van der Waals surface area contributed by atoms with Crippen LogP contribution >= 0.6 is 0 Å². The minimum atomic E-state index is -4.72. The summed E-state index contributed by atoms with van der Waals surface area (Å²) in [5, 5.41) is 15.1. The molecule has 1 N–H and O–H groups in total. The molecule has 0 saturated heterocycles. The van der Waals surface area contributed by atoms with Crippen molar-refractivity contribution in [3.05, 3.63) is 87.5 Å². The van der Waals surface area contributed by atoms with Crippen molar-refractivity contribution >= 4 is 17.8 Å². The van der Waals surface area contributed by atoms with E-state index in [1.807, 2.05) is 6.92 Å². The third kappa shape index (κ3) is 7.19. The highest BCUT2D eigenvalue weighted by molar-refractivity contribution is 5.95. The van der Waals surface area contributed by atoms with Crippen molar-refractivity contribution in [3.63, 3.8) is 0 Å². The number of carbonyl (C=O) groups is 1. The predicted molar refractivity (Wildman–Crippen MR) is 128 cm³/mol.